The van der Waals surface area contributed by atoms with E-state index in [1.165, 1.54) is 0 Å². The number of nitrogens with one attached hydrogen (secondary N) is 1. The van der Waals surface area contributed by atoms with E-state index in [0.717, 1.165) is 61.9 Å². The molecule has 0 bridgehead atoms. The molecular formula is C23H31N3O3. The van der Waals surface area contributed by atoms with Crippen LogP contribution in [0.25, 0.3) is 0 Å². The first-order chi connectivity index (χ1) is 14.2. The van der Waals surface area contributed by atoms with Crippen molar-refractivity contribution in [1.29, 1.82) is 0 Å². The van der Waals surface area contributed by atoms with Crippen LogP contribution in [0, 0.1) is 0 Å². The lowest BCUT2D eigenvalue weighted by Gasteiger charge is -2.36. The summed E-state index contributed by atoms with van der Waals surface area (Å²) >= 11 is 0. The van der Waals surface area contributed by atoms with Crippen LogP contribution in [0.15, 0.2) is 48.5 Å². The molecule has 1 saturated heterocycles. The Labute approximate surface area is 173 Å². The monoisotopic (exact) mass is 397 g/mol. The number of hydrogen-bond acceptors (Lipinski definition) is 5. The Morgan fingerprint density at radius 3 is 2.38 bits per heavy atom. The molecule has 6 nitrogen and oxygen atoms in total. The summed E-state index contributed by atoms with van der Waals surface area (Å²) in [5.41, 5.74) is 2.30. The van der Waals surface area contributed by atoms with Crippen molar-refractivity contribution in [3.63, 3.8) is 0 Å². The molecule has 6 heteroatoms. The Morgan fingerprint density at radius 2 is 1.69 bits per heavy atom. The molecule has 0 aromatic heterocycles. The van der Waals surface area contributed by atoms with Crippen LogP contribution in [0.5, 0.6) is 11.5 Å². The van der Waals surface area contributed by atoms with Gasteiger partial charge in [-0.05, 0) is 36.2 Å². The van der Waals surface area contributed by atoms with Crippen molar-refractivity contribution in [2.24, 2.45) is 0 Å². The van der Waals surface area contributed by atoms with Crippen molar-refractivity contribution in [2.75, 3.05) is 58.4 Å². The van der Waals surface area contributed by atoms with Gasteiger partial charge in [-0.2, -0.15) is 0 Å². The number of methoxy groups -OCH3 is 2. The van der Waals surface area contributed by atoms with Gasteiger partial charge in [-0.1, -0.05) is 24.3 Å². The van der Waals surface area contributed by atoms with Gasteiger partial charge in [-0.3, -0.25) is 9.69 Å². The average Bonchev–Trinajstić information content (AvgIpc) is 2.78. The average molecular weight is 398 g/mol. The zero-order valence-corrected chi connectivity index (χ0v) is 17.4. The topological polar surface area (TPSA) is 54.0 Å². The number of rotatable bonds is 9. The maximum absolute atomic E-state index is 12.1. The predicted octanol–water partition coefficient (Wildman–Crippen LogP) is 2.57. The van der Waals surface area contributed by atoms with Gasteiger partial charge in [-0.15, -0.1) is 0 Å². The van der Waals surface area contributed by atoms with Gasteiger partial charge in [0.25, 0.3) is 0 Å². The predicted molar refractivity (Wildman–Crippen MR) is 116 cm³/mol. The van der Waals surface area contributed by atoms with E-state index >= 15 is 0 Å². The molecule has 0 atom stereocenters. The highest BCUT2D eigenvalue weighted by atomic mass is 16.5. The number of hydrogen-bond donors (Lipinski definition) is 1. The van der Waals surface area contributed by atoms with Crippen LogP contribution in [-0.2, 0) is 11.2 Å². The summed E-state index contributed by atoms with van der Waals surface area (Å²) in [5.74, 6) is 1.86. The van der Waals surface area contributed by atoms with Crippen LogP contribution >= 0.6 is 0 Å². The highest BCUT2D eigenvalue weighted by Gasteiger charge is 2.19. The minimum atomic E-state index is 0.105. The smallest absolute Gasteiger partial charge is 0.220 e. The molecule has 0 radical (unpaired) electrons. The molecule has 1 N–H and O–H groups in total. The zero-order valence-electron chi connectivity index (χ0n) is 17.4. The van der Waals surface area contributed by atoms with Gasteiger partial charge >= 0.3 is 0 Å². The Kier molecular flexibility index (Phi) is 7.76. The van der Waals surface area contributed by atoms with Gasteiger partial charge in [0.05, 0.1) is 19.9 Å². The molecule has 1 aliphatic heterocycles. The molecule has 29 heavy (non-hydrogen) atoms. The molecule has 0 unspecified atom stereocenters. The summed E-state index contributed by atoms with van der Waals surface area (Å²) in [6.07, 6.45) is 1.25. The molecule has 1 fully saturated rings. The molecule has 2 aromatic carbocycles. The lowest BCUT2D eigenvalue weighted by atomic mass is 10.1. The highest BCUT2D eigenvalue weighted by molar-refractivity contribution is 5.76. The van der Waals surface area contributed by atoms with E-state index in [4.69, 9.17) is 9.47 Å². The molecule has 1 amide bonds. The van der Waals surface area contributed by atoms with Crippen LogP contribution in [-0.4, -0.2) is 64.3 Å². The molecule has 0 saturated carbocycles. The first-order valence-electron chi connectivity index (χ1n) is 10.2. The fourth-order valence-electron chi connectivity index (χ4n) is 3.60. The minimum absolute atomic E-state index is 0.105. The van der Waals surface area contributed by atoms with Crippen LogP contribution in [0.4, 0.5) is 5.69 Å². The highest BCUT2D eigenvalue weighted by Crippen LogP contribution is 2.28. The summed E-state index contributed by atoms with van der Waals surface area (Å²) in [4.78, 5) is 16.9. The lowest BCUT2D eigenvalue weighted by molar-refractivity contribution is -0.121. The molecule has 2 aromatic rings. The van der Waals surface area contributed by atoms with E-state index in [0.29, 0.717) is 13.0 Å². The van der Waals surface area contributed by atoms with Crippen molar-refractivity contribution in [1.82, 2.24) is 10.2 Å². The summed E-state index contributed by atoms with van der Waals surface area (Å²) in [7, 11) is 3.37. The second-order valence-corrected chi connectivity index (χ2v) is 7.20. The number of carbonyl (C=O) groups is 1. The standard InChI is InChI=1S/C23H31N3O3/c1-28-20-10-7-19(8-11-20)9-12-23(27)24-13-14-25-15-17-26(18-16-25)21-5-3-4-6-22(21)29-2/h3-8,10-11H,9,12-18H2,1-2H3,(H,24,27). The number of aryl methyl sites for hydroxylation is 1. The van der Waals surface area contributed by atoms with Gasteiger partial charge in [-0.25, -0.2) is 0 Å². The molecular weight excluding hydrogens is 366 g/mol. The van der Waals surface area contributed by atoms with Crippen LogP contribution in [0.3, 0.4) is 0 Å². The van der Waals surface area contributed by atoms with Crippen molar-refractivity contribution in [2.45, 2.75) is 12.8 Å². The maximum atomic E-state index is 12.1. The van der Waals surface area contributed by atoms with Gasteiger partial charge in [0.15, 0.2) is 0 Å². The summed E-state index contributed by atoms with van der Waals surface area (Å²) in [6, 6.07) is 16.0. The fraction of sp³-hybridized carbons (Fsp3) is 0.435. The Balaban J connectivity index is 1.33. The third kappa shape index (κ3) is 6.12. The number of amides is 1. The number of carbonyl (C=O) groups excluding carboxylic acids is 1. The van der Waals surface area contributed by atoms with E-state index in [1.807, 2.05) is 42.5 Å². The van der Waals surface area contributed by atoms with Gasteiger partial charge in [0, 0.05) is 45.7 Å². The number of piperazine rings is 1. The molecule has 0 spiro atoms. The summed E-state index contributed by atoms with van der Waals surface area (Å²) < 4.78 is 10.6. The van der Waals surface area contributed by atoms with Crippen molar-refractivity contribution < 1.29 is 14.3 Å². The van der Waals surface area contributed by atoms with E-state index < -0.39 is 0 Å². The number of para-hydroxylation sites is 2. The first kappa shape index (κ1) is 21.0. The Hall–Kier alpha value is -2.73. The molecule has 3 rings (SSSR count). The number of benzene rings is 2. The van der Waals surface area contributed by atoms with Gasteiger partial charge in [0.2, 0.25) is 5.91 Å². The van der Waals surface area contributed by atoms with Crippen LogP contribution in [0.2, 0.25) is 0 Å². The molecule has 1 aliphatic rings. The summed E-state index contributed by atoms with van der Waals surface area (Å²) in [6.45, 7) is 5.47. The number of ether oxygens (including phenoxy) is 2. The molecule has 0 aliphatic carbocycles. The number of nitrogens with zero attached hydrogens (tertiary/aromatic N) is 2. The van der Waals surface area contributed by atoms with Crippen LogP contribution < -0.4 is 19.7 Å². The normalized spacial score (nSPS) is 14.5. The van der Waals surface area contributed by atoms with Crippen molar-refractivity contribution in [3.8, 4) is 11.5 Å². The number of anilines is 1. The first-order valence-corrected chi connectivity index (χ1v) is 10.2. The quantitative estimate of drug-likeness (QED) is 0.705. The van der Waals surface area contributed by atoms with E-state index in [-0.39, 0.29) is 5.91 Å². The maximum Gasteiger partial charge on any atom is 0.220 e. The third-order valence-electron chi connectivity index (χ3n) is 5.35. The third-order valence-corrected chi connectivity index (χ3v) is 5.35. The van der Waals surface area contributed by atoms with E-state index in [1.54, 1.807) is 14.2 Å². The Bertz CT molecular complexity index is 771. The molecule has 1 heterocycles. The minimum Gasteiger partial charge on any atom is -0.497 e. The van der Waals surface area contributed by atoms with Crippen molar-refractivity contribution in [3.05, 3.63) is 54.1 Å². The Morgan fingerprint density at radius 1 is 0.966 bits per heavy atom. The fourth-order valence-corrected chi connectivity index (χ4v) is 3.60. The van der Waals surface area contributed by atoms with Crippen LogP contribution in [0.1, 0.15) is 12.0 Å². The lowest BCUT2D eigenvalue weighted by Crippen LogP contribution is -2.48. The van der Waals surface area contributed by atoms with Gasteiger partial charge < -0.3 is 19.7 Å². The molecule has 156 valence electrons. The van der Waals surface area contributed by atoms with Crippen molar-refractivity contribution >= 4 is 11.6 Å². The van der Waals surface area contributed by atoms with E-state index in [2.05, 4.69) is 21.2 Å². The zero-order chi connectivity index (χ0) is 20.5. The second-order valence-electron chi connectivity index (χ2n) is 7.20. The summed E-state index contributed by atoms with van der Waals surface area (Å²) in [5, 5.41) is 3.05. The SMILES string of the molecule is COc1ccc(CCC(=O)NCCN2CCN(c3ccccc3OC)CC2)cc1. The van der Waals surface area contributed by atoms with E-state index in [9.17, 15) is 4.79 Å². The largest absolute Gasteiger partial charge is 0.497 e. The second kappa shape index (κ2) is 10.7. The van der Waals surface area contributed by atoms with Gasteiger partial charge in [0.1, 0.15) is 11.5 Å².